The Hall–Kier alpha value is -3.43. The fourth-order valence-corrected chi connectivity index (χ4v) is 4.24. The van der Waals surface area contributed by atoms with Gasteiger partial charge < -0.3 is 15.3 Å². The average Bonchev–Trinajstić information content (AvgIpc) is 2.91. The van der Waals surface area contributed by atoms with Crippen LogP contribution in [-0.4, -0.2) is 44.7 Å². The van der Waals surface area contributed by atoms with Gasteiger partial charge in [-0.25, -0.2) is 4.79 Å². The Kier molecular flexibility index (Phi) is 13.9. The molecule has 0 heterocycles. The van der Waals surface area contributed by atoms with Gasteiger partial charge in [0.15, 0.2) is 0 Å². The number of nitrogens with one attached hydrogen (secondary N) is 1. The van der Waals surface area contributed by atoms with Crippen molar-refractivity contribution >= 4 is 23.5 Å². The Morgan fingerprint density at radius 1 is 0.763 bits per heavy atom. The second kappa shape index (κ2) is 17.1. The Labute approximate surface area is 225 Å². The molecular formula is C29H41N3O6. The standard InChI is InChI=1S/C29H41N3O6/c1-2-3-4-5-6-7-8-9-10-11-19-30-27(33)25-14-12-13-24(20-25)22-31(28(34)29(35)36)21-23-15-17-26(18-16-23)32(37)38/h12-18,20,37-38H,2-11,19,21-22H2,1H3,(H,30,33)(H,35,36). The molecule has 0 saturated carbocycles. The molecule has 0 aliphatic heterocycles. The molecule has 0 unspecified atom stereocenters. The fourth-order valence-electron chi connectivity index (χ4n) is 4.24. The molecule has 0 atom stereocenters. The Bertz CT molecular complexity index is 1010. The van der Waals surface area contributed by atoms with E-state index in [9.17, 15) is 19.5 Å². The average molecular weight is 528 g/mol. The van der Waals surface area contributed by atoms with Gasteiger partial charge in [0.1, 0.15) is 0 Å². The minimum absolute atomic E-state index is 0.00141. The largest absolute Gasteiger partial charge is 0.474 e. The van der Waals surface area contributed by atoms with Gasteiger partial charge in [0.2, 0.25) is 0 Å². The molecule has 2 aromatic rings. The van der Waals surface area contributed by atoms with E-state index in [1.807, 2.05) is 0 Å². The van der Waals surface area contributed by atoms with Gasteiger partial charge in [0, 0.05) is 25.2 Å². The van der Waals surface area contributed by atoms with E-state index in [0.717, 1.165) is 17.7 Å². The van der Waals surface area contributed by atoms with Crippen LogP contribution < -0.4 is 10.5 Å². The van der Waals surface area contributed by atoms with E-state index in [0.29, 0.717) is 23.2 Å². The lowest BCUT2D eigenvalue weighted by atomic mass is 10.1. The van der Waals surface area contributed by atoms with E-state index in [-0.39, 0.29) is 29.9 Å². The Morgan fingerprint density at radius 2 is 1.34 bits per heavy atom. The number of hydrogen-bond donors (Lipinski definition) is 4. The first-order valence-corrected chi connectivity index (χ1v) is 13.5. The molecular weight excluding hydrogens is 486 g/mol. The maximum absolute atomic E-state index is 12.6. The number of benzene rings is 2. The van der Waals surface area contributed by atoms with E-state index in [2.05, 4.69) is 12.2 Å². The molecule has 4 N–H and O–H groups in total. The smallest absolute Gasteiger partial charge is 0.394 e. The summed E-state index contributed by atoms with van der Waals surface area (Å²) >= 11 is 0. The molecule has 9 heteroatoms. The highest BCUT2D eigenvalue weighted by Gasteiger charge is 2.22. The zero-order valence-electron chi connectivity index (χ0n) is 22.3. The number of hydrogen-bond acceptors (Lipinski definition) is 6. The van der Waals surface area contributed by atoms with Crippen molar-refractivity contribution in [3.63, 3.8) is 0 Å². The van der Waals surface area contributed by atoms with Gasteiger partial charge in [-0.15, -0.1) is 5.23 Å². The molecule has 2 rings (SSSR count). The Morgan fingerprint density at radius 3 is 1.92 bits per heavy atom. The quantitative estimate of drug-likeness (QED) is 0.121. The van der Waals surface area contributed by atoms with Crippen molar-refractivity contribution in [2.24, 2.45) is 0 Å². The molecule has 0 fully saturated rings. The van der Waals surface area contributed by atoms with Crippen molar-refractivity contribution in [1.29, 1.82) is 0 Å². The van der Waals surface area contributed by atoms with Crippen LogP contribution in [0.5, 0.6) is 0 Å². The van der Waals surface area contributed by atoms with E-state index in [1.165, 1.54) is 63.5 Å². The van der Waals surface area contributed by atoms with E-state index in [4.69, 9.17) is 10.4 Å². The minimum atomic E-state index is -1.58. The summed E-state index contributed by atoms with van der Waals surface area (Å²) in [6.07, 6.45) is 12.3. The predicted molar refractivity (Wildman–Crippen MR) is 145 cm³/mol. The summed E-state index contributed by atoms with van der Waals surface area (Å²) in [5.74, 6) is -2.85. The summed E-state index contributed by atoms with van der Waals surface area (Å²) in [6.45, 7) is 2.82. The summed E-state index contributed by atoms with van der Waals surface area (Å²) in [7, 11) is 0. The number of carbonyl (C=O) groups excluding carboxylic acids is 2. The van der Waals surface area contributed by atoms with Gasteiger partial charge >= 0.3 is 11.9 Å². The first-order valence-electron chi connectivity index (χ1n) is 13.5. The molecule has 38 heavy (non-hydrogen) atoms. The molecule has 2 amide bonds. The van der Waals surface area contributed by atoms with Crippen LogP contribution in [0.15, 0.2) is 48.5 Å². The first kappa shape index (κ1) is 30.8. The van der Waals surface area contributed by atoms with Crippen LogP contribution in [0.25, 0.3) is 0 Å². The Balaban J connectivity index is 1.84. The van der Waals surface area contributed by atoms with Gasteiger partial charge in [-0.3, -0.25) is 20.0 Å². The van der Waals surface area contributed by atoms with Gasteiger partial charge in [0.25, 0.3) is 5.91 Å². The third-order valence-electron chi connectivity index (χ3n) is 6.39. The molecule has 0 radical (unpaired) electrons. The maximum atomic E-state index is 12.6. The van der Waals surface area contributed by atoms with Crippen LogP contribution >= 0.6 is 0 Å². The van der Waals surface area contributed by atoms with E-state index in [1.54, 1.807) is 36.4 Å². The lowest BCUT2D eigenvalue weighted by Crippen LogP contribution is -2.35. The number of carboxylic acids is 1. The zero-order chi connectivity index (χ0) is 27.8. The molecule has 0 aliphatic carbocycles. The van der Waals surface area contributed by atoms with Crippen molar-refractivity contribution < 1.29 is 29.9 Å². The number of amides is 2. The summed E-state index contributed by atoms with van der Waals surface area (Å²) in [5.41, 5.74) is 1.81. The third-order valence-corrected chi connectivity index (χ3v) is 6.39. The van der Waals surface area contributed by atoms with Gasteiger partial charge in [-0.1, -0.05) is 89.0 Å². The molecule has 0 aromatic heterocycles. The molecule has 0 bridgehead atoms. The first-order chi connectivity index (χ1) is 18.3. The highest BCUT2D eigenvalue weighted by molar-refractivity contribution is 6.31. The van der Waals surface area contributed by atoms with E-state index < -0.39 is 11.9 Å². The molecule has 0 spiro atoms. The highest BCUT2D eigenvalue weighted by Crippen LogP contribution is 2.16. The third kappa shape index (κ3) is 11.3. The van der Waals surface area contributed by atoms with E-state index >= 15 is 0 Å². The zero-order valence-corrected chi connectivity index (χ0v) is 22.3. The number of carbonyl (C=O) groups is 3. The van der Waals surface area contributed by atoms with Gasteiger partial charge in [0.05, 0.1) is 5.69 Å². The number of rotatable bonds is 17. The SMILES string of the molecule is CCCCCCCCCCCCNC(=O)c1cccc(CN(Cc2ccc(N(O)O)cc2)C(=O)C(=O)O)c1. The monoisotopic (exact) mass is 527 g/mol. The van der Waals surface area contributed by atoms with Crippen LogP contribution in [0.3, 0.4) is 0 Å². The highest BCUT2D eigenvalue weighted by atomic mass is 16.8. The lowest BCUT2D eigenvalue weighted by molar-refractivity contribution is -0.156. The van der Waals surface area contributed by atoms with Gasteiger partial charge in [-0.2, -0.15) is 0 Å². The van der Waals surface area contributed by atoms with Crippen LogP contribution in [-0.2, 0) is 22.7 Å². The summed E-state index contributed by atoms with van der Waals surface area (Å²) in [5, 5.41) is 30.3. The van der Waals surface area contributed by atoms with Crippen molar-refractivity contribution in [1.82, 2.24) is 10.2 Å². The summed E-state index contributed by atoms with van der Waals surface area (Å²) in [4.78, 5) is 37.5. The topological polar surface area (TPSA) is 130 Å². The van der Waals surface area contributed by atoms with Crippen LogP contribution in [0.4, 0.5) is 5.69 Å². The van der Waals surface area contributed by atoms with Crippen LogP contribution in [0.1, 0.15) is 92.6 Å². The second-order valence-electron chi connectivity index (χ2n) is 9.56. The van der Waals surface area contributed by atoms with Crippen molar-refractivity contribution in [3.05, 3.63) is 65.2 Å². The predicted octanol–water partition coefficient (Wildman–Crippen LogP) is 5.54. The van der Waals surface area contributed by atoms with Crippen molar-refractivity contribution in [3.8, 4) is 0 Å². The number of unbranched alkanes of at least 4 members (excludes halogenated alkanes) is 9. The second-order valence-corrected chi connectivity index (χ2v) is 9.56. The molecule has 208 valence electrons. The summed E-state index contributed by atoms with van der Waals surface area (Å²) < 4.78 is 0. The fraction of sp³-hybridized carbons (Fsp3) is 0.483. The molecule has 0 aliphatic rings. The van der Waals surface area contributed by atoms with Crippen LogP contribution in [0.2, 0.25) is 0 Å². The maximum Gasteiger partial charge on any atom is 0.394 e. The lowest BCUT2D eigenvalue weighted by Gasteiger charge is -2.21. The number of aliphatic carboxylic acids is 1. The van der Waals surface area contributed by atoms with Crippen molar-refractivity contribution in [2.45, 2.75) is 84.2 Å². The number of carboxylic acid groups (broad SMARTS) is 1. The minimum Gasteiger partial charge on any atom is -0.474 e. The number of anilines is 1. The number of nitrogens with zero attached hydrogens (tertiary/aromatic N) is 2. The van der Waals surface area contributed by atoms with Crippen LogP contribution in [0, 0.1) is 0 Å². The van der Waals surface area contributed by atoms with Crippen molar-refractivity contribution in [2.75, 3.05) is 11.8 Å². The molecule has 2 aromatic carbocycles. The normalized spacial score (nSPS) is 10.7. The van der Waals surface area contributed by atoms with Gasteiger partial charge in [-0.05, 0) is 41.8 Å². The summed E-state index contributed by atoms with van der Waals surface area (Å²) in [6, 6.07) is 12.8. The molecule has 9 nitrogen and oxygen atoms in total. The molecule has 0 saturated heterocycles.